The normalized spacial score (nSPS) is 56.2. The molecular formula is C30H52O3. The number of hydrogen-bond donors (Lipinski definition) is 2. The molecule has 33 heavy (non-hydrogen) atoms. The molecule has 10 atom stereocenters. The van der Waals surface area contributed by atoms with Crippen LogP contribution >= 0.6 is 0 Å². The molecule has 0 aromatic rings. The molecule has 5 fully saturated rings. The fourth-order valence-corrected chi connectivity index (χ4v) is 11.1. The third kappa shape index (κ3) is 3.16. The first-order valence-corrected chi connectivity index (χ1v) is 14.2. The minimum absolute atomic E-state index is 0.0293. The van der Waals surface area contributed by atoms with Gasteiger partial charge in [0.1, 0.15) is 0 Å². The molecule has 190 valence electrons. The van der Waals surface area contributed by atoms with Crippen LogP contribution in [0.3, 0.4) is 0 Å². The van der Waals surface area contributed by atoms with Gasteiger partial charge in [0.2, 0.25) is 0 Å². The Balaban J connectivity index is 1.44. The van der Waals surface area contributed by atoms with Crippen molar-refractivity contribution in [3.63, 3.8) is 0 Å². The Morgan fingerprint density at radius 3 is 2.00 bits per heavy atom. The largest absolute Gasteiger partial charge is 0.393 e. The van der Waals surface area contributed by atoms with Crippen molar-refractivity contribution in [2.24, 2.45) is 45.3 Å². The lowest BCUT2D eigenvalue weighted by molar-refractivity contribution is -0.227. The van der Waals surface area contributed by atoms with Gasteiger partial charge in [0.25, 0.3) is 0 Å². The predicted molar refractivity (Wildman–Crippen MR) is 134 cm³/mol. The summed E-state index contributed by atoms with van der Waals surface area (Å²) in [4.78, 5) is 0. The van der Waals surface area contributed by atoms with Crippen LogP contribution in [0, 0.1) is 45.3 Å². The lowest BCUT2D eigenvalue weighted by Gasteiger charge is -2.70. The second-order valence-electron chi connectivity index (χ2n) is 15.3. The van der Waals surface area contributed by atoms with Gasteiger partial charge in [-0.15, -0.1) is 0 Å². The molecule has 0 amide bonds. The van der Waals surface area contributed by atoms with E-state index >= 15 is 0 Å². The summed E-state index contributed by atoms with van der Waals surface area (Å²) in [5, 5.41) is 21.5. The van der Waals surface area contributed by atoms with E-state index in [0.29, 0.717) is 28.1 Å². The monoisotopic (exact) mass is 460 g/mol. The van der Waals surface area contributed by atoms with Crippen LogP contribution in [0.15, 0.2) is 0 Å². The van der Waals surface area contributed by atoms with Crippen molar-refractivity contribution in [3.05, 3.63) is 0 Å². The lowest BCUT2D eigenvalue weighted by atomic mass is 9.35. The number of hydrogen-bond acceptors (Lipinski definition) is 3. The van der Waals surface area contributed by atoms with Crippen LogP contribution in [0.2, 0.25) is 0 Å². The van der Waals surface area contributed by atoms with Crippen molar-refractivity contribution < 1.29 is 14.9 Å². The zero-order valence-electron chi connectivity index (χ0n) is 22.8. The highest BCUT2D eigenvalue weighted by molar-refractivity contribution is 5.18. The molecule has 5 rings (SSSR count). The fourth-order valence-electron chi connectivity index (χ4n) is 11.1. The number of ether oxygens (including phenoxy) is 1. The van der Waals surface area contributed by atoms with Crippen molar-refractivity contribution in [1.29, 1.82) is 0 Å². The molecule has 2 N–H and O–H groups in total. The van der Waals surface area contributed by atoms with E-state index in [-0.39, 0.29) is 23.2 Å². The number of aliphatic hydroxyl groups is 2. The molecule has 5 aliphatic rings. The van der Waals surface area contributed by atoms with Crippen LogP contribution in [-0.2, 0) is 4.74 Å². The van der Waals surface area contributed by atoms with Gasteiger partial charge in [-0.25, -0.2) is 0 Å². The topological polar surface area (TPSA) is 49.7 Å². The SMILES string of the molecule is CC(C)(O)[C@H]1CC[C@](C)([C@@H]2CC[C@@]3(C)[C@H]2CC[C@H]2[C@]4(C)CC[C@H](O)C(C)(C)[C@H]4CC[C@@]23C)O1. The summed E-state index contributed by atoms with van der Waals surface area (Å²) in [6.07, 6.45) is 11.9. The van der Waals surface area contributed by atoms with E-state index in [9.17, 15) is 10.2 Å². The third-order valence-corrected chi connectivity index (χ3v) is 13.3. The Morgan fingerprint density at radius 2 is 1.36 bits per heavy atom. The van der Waals surface area contributed by atoms with Gasteiger partial charge in [0.05, 0.1) is 23.4 Å². The summed E-state index contributed by atoms with van der Waals surface area (Å²) in [6, 6.07) is 0. The summed E-state index contributed by atoms with van der Waals surface area (Å²) in [5.41, 5.74) is 0.277. The van der Waals surface area contributed by atoms with Gasteiger partial charge >= 0.3 is 0 Å². The summed E-state index contributed by atoms with van der Waals surface area (Å²) in [6.45, 7) is 18.8. The Hall–Kier alpha value is -0.120. The Bertz CT molecular complexity index is 784. The first-order valence-electron chi connectivity index (χ1n) is 14.2. The quantitative estimate of drug-likeness (QED) is 0.480. The molecule has 0 aromatic carbocycles. The molecule has 0 radical (unpaired) electrons. The van der Waals surface area contributed by atoms with E-state index in [4.69, 9.17) is 4.74 Å². The van der Waals surface area contributed by atoms with Crippen LogP contribution in [0.4, 0.5) is 0 Å². The second-order valence-corrected chi connectivity index (χ2v) is 15.3. The highest BCUT2D eigenvalue weighted by Crippen LogP contribution is 2.76. The Kier molecular flexibility index (Phi) is 5.38. The zero-order valence-corrected chi connectivity index (χ0v) is 22.8. The lowest BCUT2D eigenvalue weighted by Crippen LogP contribution is -2.64. The second kappa shape index (κ2) is 7.22. The van der Waals surface area contributed by atoms with E-state index < -0.39 is 5.60 Å². The predicted octanol–water partition coefficient (Wildman–Crippen LogP) is 6.74. The third-order valence-electron chi connectivity index (χ3n) is 13.3. The van der Waals surface area contributed by atoms with Crippen LogP contribution in [-0.4, -0.2) is 33.6 Å². The van der Waals surface area contributed by atoms with E-state index in [1.807, 2.05) is 13.8 Å². The highest BCUT2D eigenvalue weighted by atomic mass is 16.5. The first kappa shape index (κ1) is 24.6. The van der Waals surface area contributed by atoms with Gasteiger partial charge in [-0.2, -0.15) is 0 Å². The summed E-state index contributed by atoms with van der Waals surface area (Å²) >= 11 is 0. The molecule has 0 unspecified atom stereocenters. The summed E-state index contributed by atoms with van der Waals surface area (Å²) in [7, 11) is 0. The van der Waals surface area contributed by atoms with E-state index in [0.717, 1.165) is 31.1 Å². The van der Waals surface area contributed by atoms with Crippen molar-refractivity contribution >= 4 is 0 Å². The molecule has 0 bridgehead atoms. The van der Waals surface area contributed by atoms with Crippen LogP contribution < -0.4 is 0 Å². The molecule has 4 saturated carbocycles. The minimum atomic E-state index is -0.755. The molecule has 1 aliphatic heterocycles. The maximum Gasteiger partial charge on any atom is 0.0865 e. The van der Waals surface area contributed by atoms with E-state index in [1.165, 1.54) is 44.9 Å². The molecule has 1 saturated heterocycles. The van der Waals surface area contributed by atoms with Gasteiger partial charge in [0.15, 0.2) is 0 Å². The number of rotatable bonds is 2. The molecule has 1 heterocycles. The first-order chi connectivity index (χ1) is 15.1. The fraction of sp³-hybridized carbons (Fsp3) is 1.00. The van der Waals surface area contributed by atoms with Gasteiger partial charge in [-0.3, -0.25) is 0 Å². The minimum Gasteiger partial charge on any atom is -0.393 e. The van der Waals surface area contributed by atoms with E-state index in [1.54, 1.807) is 0 Å². The van der Waals surface area contributed by atoms with Crippen molar-refractivity contribution in [3.8, 4) is 0 Å². The van der Waals surface area contributed by atoms with E-state index in [2.05, 4.69) is 41.5 Å². The molecule has 0 aromatic heterocycles. The van der Waals surface area contributed by atoms with Crippen molar-refractivity contribution in [2.75, 3.05) is 0 Å². The molecular weight excluding hydrogens is 408 g/mol. The smallest absolute Gasteiger partial charge is 0.0865 e. The maximum atomic E-state index is 10.9. The average Bonchev–Trinajstić information content (AvgIpc) is 3.27. The standard InChI is InChI=1S/C30H52O3/c1-25(2)21-12-17-29(7)22(27(21,5)15-13-23(25)31)10-9-19-20(11-16-28(19,29)6)30(8)18-14-24(33-30)26(3,4)32/h19-24,31-32H,9-18H2,1-8H3/t19-,20+,21+,22-,23-,24+,27+,28-,29-,30+/m0/s1. The van der Waals surface area contributed by atoms with Crippen LogP contribution in [0.1, 0.15) is 120 Å². The summed E-state index contributed by atoms with van der Waals surface area (Å²) in [5.74, 6) is 2.73. The van der Waals surface area contributed by atoms with Crippen LogP contribution in [0.25, 0.3) is 0 Å². The van der Waals surface area contributed by atoms with Crippen LogP contribution in [0.5, 0.6) is 0 Å². The average molecular weight is 461 g/mol. The Morgan fingerprint density at radius 1 is 0.697 bits per heavy atom. The van der Waals surface area contributed by atoms with Gasteiger partial charge in [-0.1, -0.05) is 34.6 Å². The molecule has 3 heteroatoms. The molecule has 0 spiro atoms. The number of aliphatic hydroxyl groups excluding tert-OH is 1. The van der Waals surface area contributed by atoms with Crippen molar-refractivity contribution in [2.45, 2.75) is 143 Å². The Labute approximate surface area is 203 Å². The van der Waals surface area contributed by atoms with Gasteiger partial charge < -0.3 is 14.9 Å². The molecule has 4 aliphatic carbocycles. The zero-order chi connectivity index (χ0) is 24.2. The molecule has 3 nitrogen and oxygen atoms in total. The van der Waals surface area contributed by atoms with Gasteiger partial charge in [0, 0.05) is 0 Å². The maximum absolute atomic E-state index is 10.9. The highest BCUT2D eigenvalue weighted by Gasteiger charge is 2.70. The number of fused-ring (bicyclic) bond motifs is 5. The summed E-state index contributed by atoms with van der Waals surface area (Å²) < 4.78 is 6.73. The van der Waals surface area contributed by atoms with Gasteiger partial charge in [-0.05, 0) is 130 Å². The van der Waals surface area contributed by atoms with Crippen molar-refractivity contribution in [1.82, 2.24) is 0 Å².